The molecule has 90 valence electrons. The number of rotatable bonds is 5. The Labute approximate surface area is 95.3 Å². The van der Waals surface area contributed by atoms with Crippen LogP contribution in [0, 0.1) is 5.92 Å². The van der Waals surface area contributed by atoms with Gasteiger partial charge in [-0.25, -0.2) is 0 Å². The molecule has 1 aliphatic carbocycles. The lowest BCUT2D eigenvalue weighted by Crippen LogP contribution is -2.27. The molecule has 1 heteroatoms. The van der Waals surface area contributed by atoms with Crippen molar-refractivity contribution in [3.63, 3.8) is 0 Å². The van der Waals surface area contributed by atoms with Gasteiger partial charge in [0.05, 0.1) is 5.60 Å². The van der Waals surface area contributed by atoms with Gasteiger partial charge in [-0.2, -0.15) is 0 Å². The van der Waals surface area contributed by atoms with Gasteiger partial charge in [-0.05, 0) is 31.6 Å². The van der Waals surface area contributed by atoms with Gasteiger partial charge in [-0.3, -0.25) is 0 Å². The van der Waals surface area contributed by atoms with E-state index in [-0.39, 0.29) is 5.60 Å². The molecule has 2 atom stereocenters. The van der Waals surface area contributed by atoms with Gasteiger partial charge in [-0.15, -0.1) is 0 Å². The second-order valence-electron chi connectivity index (χ2n) is 5.57. The van der Waals surface area contributed by atoms with E-state index in [1.807, 2.05) is 0 Å². The maximum Gasteiger partial charge on any atom is 0.0648 e. The number of hydrogen-bond donors (Lipinski definition) is 1. The van der Waals surface area contributed by atoms with Crippen LogP contribution in [-0.2, 0) is 0 Å². The molecule has 0 saturated heterocycles. The number of hydrogen-bond acceptors (Lipinski definition) is 1. The fraction of sp³-hybridized carbons (Fsp3) is 1.00. The van der Waals surface area contributed by atoms with Crippen molar-refractivity contribution in [2.45, 2.75) is 83.7 Å². The van der Waals surface area contributed by atoms with Crippen LogP contribution in [0.3, 0.4) is 0 Å². The van der Waals surface area contributed by atoms with E-state index in [2.05, 4.69) is 13.8 Å². The van der Waals surface area contributed by atoms with Crippen LogP contribution in [0.2, 0.25) is 0 Å². The molecule has 1 nitrogen and oxygen atoms in total. The minimum Gasteiger partial charge on any atom is -0.390 e. The lowest BCUT2D eigenvalue weighted by molar-refractivity contribution is 0.0132. The van der Waals surface area contributed by atoms with Crippen LogP contribution in [0.4, 0.5) is 0 Å². The highest BCUT2D eigenvalue weighted by atomic mass is 16.3. The van der Waals surface area contributed by atoms with Crippen molar-refractivity contribution >= 4 is 0 Å². The van der Waals surface area contributed by atoms with Gasteiger partial charge in [0.1, 0.15) is 0 Å². The topological polar surface area (TPSA) is 20.2 Å². The van der Waals surface area contributed by atoms with Crippen molar-refractivity contribution in [3.8, 4) is 0 Å². The van der Waals surface area contributed by atoms with E-state index in [4.69, 9.17) is 0 Å². The van der Waals surface area contributed by atoms with Crippen LogP contribution in [0.5, 0.6) is 0 Å². The maximum atomic E-state index is 10.5. The van der Waals surface area contributed by atoms with Gasteiger partial charge in [-0.1, -0.05) is 52.4 Å². The summed E-state index contributed by atoms with van der Waals surface area (Å²) < 4.78 is 0. The minimum absolute atomic E-state index is 0.307. The smallest absolute Gasteiger partial charge is 0.0648 e. The quantitative estimate of drug-likeness (QED) is 0.532. The van der Waals surface area contributed by atoms with Crippen molar-refractivity contribution in [3.05, 3.63) is 0 Å². The van der Waals surface area contributed by atoms with Gasteiger partial charge in [0.15, 0.2) is 0 Å². The molecule has 1 saturated carbocycles. The van der Waals surface area contributed by atoms with E-state index in [9.17, 15) is 5.11 Å². The van der Waals surface area contributed by atoms with Crippen LogP contribution in [0.15, 0.2) is 0 Å². The summed E-state index contributed by atoms with van der Waals surface area (Å²) in [6.45, 7) is 4.56. The molecule has 0 aromatic carbocycles. The Bertz CT molecular complexity index is 167. The predicted octanol–water partition coefficient (Wildman–Crippen LogP) is 4.29. The minimum atomic E-state index is -0.307. The molecule has 1 rings (SSSR count). The largest absolute Gasteiger partial charge is 0.390 e. The SMILES string of the molecule is CCCCCCC1(O)CCCC(C)CC1. The third-order valence-corrected chi connectivity index (χ3v) is 3.94. The highest BCUT2D eigenvalue weighted by Crippen LogP contribution is 2.33. The molecule has 1 aliphatic rings. The molecule has 0 radical (unpaired) electrons. The van der Waals surface area contributed by atoms with Gasteiger partial charge >= 0.3 is 0 Å². The predicted molar refractivity (Wildman–Crippen MR) is 66.0 cm³/mol. The van der Waals surface area contributed by atoms with Gasteiger partial charge < -0.3 is 5.11 Å². The van der Waals surface area contributed by atoms with Crippen molar-refractivity contribution in [1.82, 2.24) is 0 Å². The molecule has 0 aromatic rings. The second-order valence-corrected chi connectivity index (χ2v) is 5.57. The summed E-state index contributed by atoms with van der Waals surface area (Å²) in [5.41, 5.74) is -0.307. The lowest BCUT2D eigenvalue weighted by Gasteiger charge is -2.26. The van der Waals surface area contributed by atoms with E-state index >= 15 is 0 Å². The summed E-state index contributed by atoms with van der Waals surface area (Å²) in [7, 11) is 0. The second kappa shape index (κ2) is 6.52. The van der Waals surface area contributed by atoms with E-state index < -0.39 is 0 Å². The first-order valence-electron chi connectivity index (χ1n) is 6.89. The zero-order valence-electron chi connectivity index (χ0n) is 10.6. The summed E-state index contributed by atoms with van der Waals surface area (Å²) >= 11 is 0. The van der Waals surface area contributed by atoms with Crippen molar-refractivity contribution in [2.75, 3.05) is 0 Å². The normalized spacial score (nSPS) is 32.6. The van der Waals surface area contributed by atoms with Gasteiger partial charge in [0.2, 0.25) is 0 Å². The fourth-order valence-corrected chi connectivity index (χ4v) is 2.69. The van der Waals surface area contributed by atoms with Crippen molar-refractivity contribution in [2.24, 2.45) is 5.92 Å². The average Bonchev–Trinajstić information content (AvgIpc) is 2.37. The first kappa shape index (κ1) is 13.0. The summed E-state index contributed by atoms with van der Waals surface area (Å²) in [4.78, 5) is 0. The van der Waals surface area contributed by atoms with E-state index in [0.29, 0.717) is 0 Å². The highest BCUT2D eigenvalue weighted by molar-refractivity contribution is 4.82. The highest BCUT2D eigenvalue weighted by Gasteiger charge is 2.28. The Morgan fingerprint density at radius 2 is 1.93 bits per heavy atom. The molecular weight excluding hydrogens is 184 g/mol. The molecule has 2 unspecified atom stereocenters. The Morgan fingerprint density at radius 1 is 1.13 bits per heavy atom. The first-order valence-corrected chi connectivity index (χ1v) is 6.89. The maximum absolute atomic E-state index is 10.5. The van der Waals surface area contributed by atoms with Crippen LogP contribution < -0.4 is 0 Å². The Hall–Kier alpha value is -0.0400. The Morgan fingerprint density at radius 3 is 2.67 bits per heavy atom. The molecule has 0 heterocycles. The third-order valence-electron chi connectivity index (χ3n) is 3.94. The van der Waals surface area contributed by atoms with Crippen LogP contribution >= 0.6 is 0 Å². The summed E-state index contributed by atoms with van der Waals surface area (Å²) in [6, 6.07) is 0. The van der Waals surface area contributed by atoms with Crippen molar-refractivity contribution in [1.29, 1.82) is 0 Å². The molecule has 1 fully saturated rings. The van der Waals surface area contributed by atoms with Crippen LogP contribution in [-0.4, -0.2) is 10.7 Å². The summed E-state index contributed by atoms with van der Waals surface area (Å²) in [5.74, 6) is 0.828. The zero-order valence-corrected chi connectivity index (χ0v) is 10.6. The molecule has 0 aromatic heterocycles. The number of unbranched alkanes of at least 4 members (excludes halogenated alkanes) is 3. The van der Waals surface area contributed by atoms with E-state index in [0.717, 1.165) is 25.2 Å². The molecular formula is C14H28O. The molecule has 0 bridgehead atoms. The third kappa shape index (κ3) is 5.01. The van der Waals surface area contributed by atoms with Crippen LogP contribution in [0.1, 0.15) is 78.1 Å². The zero-order chi connectivity index (χ0) is 11.1. The molecule has 0 amide bonds. The summed E-state index contributed by atoms with van der Waals surface area (Å²) in [5, 5.41) is 10.5. The Kier molecular flexibility index (Phi) is 5.66. The van der Waals surface area contributed by atoms with E-state index in [1.165, 1.54) is 44.9 Å². The standard InChI is InChI=1S/C14H28O/c1-3-4-5-6-10-14(15)11-7-8-13(2)9-12-14/h13,15H,3-12H2,1-2H3. The number of aliphatic hydroxyl groups is 1. The molecule has 0 aliphatic heterocycles. The Balaban J connectivity index is 2.24. The van der Waals surface area contributed by atoms with Crippen molar-refractivity contribution < 1.29 is 5.11 Å². The fourth-order valence-electron chi connectivity index (χ4n) is 2.69. The first-order chi connectivity index (χ1) is 7.16. The monoisotopic (exact) mass is 212 g/mol. The van der Waals surface area contributed by atoms with E-state index in [1.54, 1.807) is 0 Å². The summed E-state index contributed by atoms with van der Waals surface area (Å²) in [6.07, 6.45) is 12.0. The van der Waals surface area contributed by atoms with Gasteiger partial charge in [0.25, 0.3) is 0 Å². The molecule has 1 N–H and O–H groups in total. The molecule has 0 spiro atoms. The van der Waals surface area contributed by atoms with Gasteiger partial charge in [0, 0.05) is 0 Å². The van der Waals surface area contributed by atoms with Crippen LogP contribution in [0.25, 0.3) is 0 Å². The molecule has 15 heavy (non-hydrogen) atoms. The average molecular weight is 212 g/mol. The lowest BCUT2D eigenvalue weighted by atomic mass is 9.88.